The zero-order chi connectivity index (χ0) is 23.6. The highest BCUT2D eigenvalue weighted by molar-refractivity contribution is 5.95. The second-order valence-electron chi connectivity index (χ2n) is 6.90. The van der Waals surface area contributed by atoms with E-state index in [1.807, 2.05) is 42.5 Å². The molecule has 0 unspecified atom stereocenters. The maximum absolute atomic E-state index is 12.8. The maximum Gasteiger partial charge on any atom is 0.255 e. The van der Waals surface area contributed by atoms with Crippen LogP contribution in [-0.2, 0) is 17.9 Å². The largest absolute Gasteiger partial charge is 0.493 e. The molecule has 0 aliphatic rings. The van der Waals surface area contributed by atoms with Gasteiger partial charge in [0.2, 0.25) is 5.75 Å². The topological polar surface area (TPSA) is 122 Å². The molecule has 0 fully saturated rings. The van der Waals surface area contributed by atoms with E-state index in [-0.39, 0.29) is 36.3 Å². The number of pyridine rings is 1. The Labute approximate surface area is 191 Å². The zero-order valence-corrected chi connectivity index (χ0v) is 18.4. The number of hydrogen-bond donors (Lipinski definition) is 2. The van der Waals surface area contributed by atoms with Crippen molar-refractivity contribution in [1.29, 1.82) is 0 Å². The second kappa shape index (κ2) is 11.4. The molecular formula is C24H25N3O6. The summed E-state index contributed by atoms with van der Waals surface area (Å²) in [6.45, 7) is 0.279. The monoisotopic (exact) mass is 451 g/mol. The van der Waals surface area contributed by atoms with Gasteiger partial charge in [-0.05, 0) is 42.0 Å². The molecular weight excluding hydrogens is 426 g/mol. The molecule has 9 heteroatoms. The summed E-state index contributed by atoms with van der Waals surface area (Å²) in [4.78, 5) is 28.0. The number of methoxy groups -OCH3 is 2. The van der Waals surface area contributed by atoms with E-state index in [1.165, 1.54) is 26.4 Å². The molecule has 9 nitrogen and oxygen atoms in total. The van der Waals surface area contributed by atoms with Gasteiger partial charge in [0.05, 0.1) is 19.9 Å². The van der Waals surface area contributed by atoms with Crippen molar-refractivity contribution in [1.82, 2.24) is 10.3 Å². The summed E-state index contributed by atoms with van der Waals surface area (Å²) in [5.41, 5.74) is 7.12. The third-order valence-electron chi connectivity index (χ3n) is 4.55. The molecule has 2 aromatic carbocycles. The molecule has 0 aliphatic carbocycles. The van der Waals surface area contributed by atoms with Crippen LogP contribution in [0.25, 0.3) is 0 Å². The summed E-state index contributed by atoms with van der Waals surface area (Å²) < 4.78 is 21.7. The van der Waals surface area contributed by atoms with Gasteiger partial charge in [-0.3, -0.25) is 14.6 Å². The minimum absolute atomic E-state index is 0.188. The Balaban J connectivity index is 1.66. The molecule has 0 bridgehead atoms. The minimum atomic E-state index is -0.646. The number of primary amides is 1. The van der Waals surface area contributed by atoms with E-state index in [1.54, 1.807) is 6.20 Å². The number of carbonyl (C=O) groups excluding carboxylic acids is 2. The molecule has 0 saturated carbocycles. The van der Waals surface area contributed by atoms with E-state index in [2.05, 4.69) is 10.3 Å². The number of nitrogens with one attached hydrogen (secondary N) is 1. The van der Waals surface area contributed by atoms with Crippen LogP contribution in [0.3, 0.4) is 0 Å². The Morgan fingerprint density at radius 2 is 1.73 bits per heavy atom. The van der Waals surface area contributed by atoms with Gasteiger partial charge in [0.25, 0.3) is 11.8 Å². The number of nitrogens with zero attached hydrogens (tertiary/aromatic N) is 1. The SMILES string of the molecule is COc1cc(C(=O)NCc2cccc(OCc3ccccn3)c2)cc(OC)c1OCC(N)=O. The van der Waals surface area contributed by atoms with Gasteiger partial charge in [0.15, 0.2) is 18.1 Å². The highest BCUT2D eigenvalue weighted by Gasteiger charge is 2.18. The number of rotatable bonds is 11. The van der Waals surface area contributed by atoms with E-state index in [0.717, 1.165) is 11.3 Å². The minimum Gasteiger partial charge on any atom is -0.493 e. The third-order valence-corrected chi connectivity index (χ3v) is 4.55. The van der Waals surface area contributed by atoms with Crippen LogP contribution in [0.4, 0.5) is 0 Å². The van der Waals surface area contributed by atoms with E-state index in [4.69, 9.17) is 24.7 Å². The van der Waals surface area contributed by atoms with Crippen molar-refractivity contribution in [2.45, 2.75) is 13.2 Å². The van der Waals surface area contributed by atoms with Crippen molar-refractivity contribution in [3.63, 3.8) is 0 Å². The van der Waals surface area contributed by atoms with Crippen molar-refractivity contribution >= 4 is 11.8 Å². The molecule has 3 rings (SSSR count). The molecule has 0 atom stereocenters. The molecule has 172 valence electrons. The van der Waals surface area contributed by atoms with Crippen molar-refractivity contribution < 1.29 is 28.5 Å². The average molecular weight is 451 g/mol. The van der Waals surface area contributed by atoms with Crippen LogP contribution in [0.2, 0.25) is 0 Å². The van der Waals surface area contributed by atoms with Gasteiger partial charge in [0.1, 0.15) is 12.4 Å². The number of benzene rings is 2. The first kappa shape index (κ1) is 23.4. The standard InChI is InChI=1S/C24H25N3O6/c1-30-20-11-17(12-21(31-2)23(20)33-15-22(25)28)24(29)27-13-16-6-5-8-19(10-16)32-14-18-7-3-4-9-26-18/h3-12H,13-15H2,1-2H3,(H2,25,28)(H,27,29). The number of hydrogen-bond acceptors (Lipinski definition) is 7. The Morgan fingerprint density at radius 1 is 0.970 bits per heavy atom. The first-order valence-corrected chi connectivity index (χ1v) is 10.1. The lowest BCUT2D eigenvalue weighted by Gasteiger charge is -2.15. The van der Waals surface area contributed by atoms with Crippen LogP contribution < -0.4 is 30.0 Å². The molecule has 1 aromatic heterocycles. The second-order valence-corrected chi connectivity index (χ2v) is 6.90. The zero-order valence-electron chi connectivity index (χ0n) is 18.4. The van der Waals surface area contributed by atoms with E-state index < -0.39 is 5.91 Å². The van der Waals surface area contributed by atoms with Gasteiger partial charge in [-0.15, -0.1) is 0 Å². The Hall–Kier alpha value is -4.27. The molecule has 33 heavy (non-hydrogen) atoms. The molecule has 2 amide bonds. The van der Waals surface area contributed by atoms with Crippen LogP contribution in [0, 0.1) is 0 Å². The Morgan fingerprint density at radius 3 is 2.36 bits per heavy atom. The van der Waals surface area contributed by atoms with Crippen LogP contribution in [0.15, 0.2) is 60.8 Å². The highest BCUT2D eigenvalue weighted by atomic mass is 16.5. The number of ether oxygens (including phenoxy) is 4. The molecule has 3 aromatic rings. The molecule has 3 N–H and O–H groups in total. The predicted octanol–water partition coefficient (Wildman–Crippen LogP) is 2.47. The quantitative estimate of drug-likeness (QED) is 0.459. The maximum atomic E-state index is 12.8. The molecule has 0 radical (unpaired) electrons. The molecule has 0 aliphatic heterocycles. The Kier molecular flexibility index (Phi) is 8.07. The lowest BCUT2D eigenvalue weighted by molar-refractivity contribution is -0.120. The third kappa shape index (κ3) is 6.60. The van der Waals surface area contributed by atoms with E-state index >= 15 is 0 Å². The fourth-order valence-corrected chi connectivity index (χ4v) is 2.97. The summed E-state index contributed by atoms with van der Waals surface area (Å²) in [5, 5.41) is 2.86. The van der Waals surface area contributed by atoms with E-state index in [9.17, 15) is 9.59 Å². The van der Waals surface area contributed by atoms with Gasteiger partial charge in [0, 0.05) is 18.3 Å². The first-order valence-electron chi connectivity index (χ1n) is 10.1. The number of amides is 2. The molecule has 0 saturated heterocycles. The summed E-state index contributed by atoms with van der Waals surface area (Å²) >= 11 is 0. The number of nitrogens with two attached hydrogens (primary N) is 1. The normalized spacial score (nSPS) is 10.2. The Bertz CT molecular complexity index is 1080. The fourth-order valence-electron chi connectivity index (χ4n) is 2.97. The number of aromatic nitrogens is 1. The molecule has 1 heterocycles. The van der Waals surface area contributed by atoms with Gasteiger partial charge in [-0.1, -0.05) is 18.2 Å². The fraction of sp³-hybridized carbons (Fsp3) is 0.208. The van der Waals surface area contributed by atoms with E-state index in [0.29, 0.717) is 17.9 Å². The van der Waals surface area contributed by atoms with Gasteiger partial charge >= 0.3 is 0 Å². The summed E-state index contributed by atoms with van der Waals surface area (Å²) in [6.07, 6.45) is 1.71. The van der Waals surface area contributed by atoms with Crippen LogP contribution in [0.1, 0.15) is 21.6 Å². The van der Waals surface area contributed by atoms with Crippen LogP contribution in [-0.4, -0.2) is 37.6 Å². The van der Waals surface area contributed by atoms with Crippen molar-refractivity contribution in [2.24, 2.45) is 5.73 Å². The number of carbonyl (C=O) groups is 2. The van der Waals surface area contributed by atoms with Crippen LogP contribution in [0.5, 0.6) is 23.0 Å². The molecule has 0 spiro atoms. The average Bonchev–Trinajstić information content (AvgIpc) is 2.85. The van der Waals surface area contributed by atoms with Crippen LogP contribution >= 0.6 is 0 Å². The summed E-state index contributed by atoms with van der Waals surface area (Å²) in [7, 11) is 2.84. The van der Waals surface area contributed by atoms with Crippen molar-refractivity contribution in [2.75, 3.05) is 20.8 Å². The van der Waals surface area contributed by atoms with Crippen molar-refractivity contribution in [3.05, 3.63) is 77.6 Å². The summed E-state index contributed by atoms with van der Waals surface area (Å²) in [6, 6.07) is 16.1. The lowest BCUT2D eigenvalue weighted by atomic mass is 10.1. The highest BCUT2D eigenvalue weighted by Crippen LogP contribution is 2.38. The predicted molar refractivity (Wildman–Crippen MR) is 120 cm³/mol. The lowest BCUT2D eigenvalue weighted by Crippen LogP contribution is -2.23. The van der Waals surface area contributed by atoms with Gasteiger partial charge in [-0.25, -0.2) is 0 Å². The van der Waals surface area contributed by atoms with Gasteiger partial charge < -0.3 is 30.0 Å². The van der Waals surface area contributed by atoms with Crippen molar-refractivity contribution in [3.8, 4) is 23.0 Å². The first-order chi connectivity index (χ1) is 16.0. The smallest absolute Gasteiger partial charge is 0.255 e. The van der Waals surface area contributed by atoms with Gasteiger partial charge in [-0.2, -0.15) is 0 Å². The summed E-state index contributed by atoms with van der Waals surface area (Å²) in [5.74, 6) is 0.358.